The average Bonchev–Trinajstić information content (AvgIpc) is 3.30. The highest BCUT2D eigenvalue weighted by Gasteiger charge is 2.32. The smallest absolute Gasteiger partial charge is 0.223 e. The van der Waals surface area contributed by atoms with E-state index in [1.165, 1.54) is 4.70 Å². The molecule has 1 atom stereocenters. The van der Waals surface area contributed by atoms with Gasteiger partial charge in [0.05, 0.1) is 16.3 Å². The van der Waals surface area contributed by atoms with Gasteiger partial charge in [0.25, 0.3) is 0 Å². The first-order valence-corrected chi connectivity index (χ1v) is 9.16. The molecule has 0 aliphatic carbocycles. The van der Waals surface area contributed by atoms with Crippen LogP contribution in [-0.4, -0.2) is 27.5 Å². The van der Waals surface area contributed by atoms with E-state index in [2.05, 4.69) is 11.2 Å². The molecule has 1 amide bonds. The van der Waals surface area contributed by atoms with Crippen molar-refractivity contribution in [1.29, 1.82) is 0 Å². The molecule has 1 fully saturated rings. The molecule has 4 rings (SSSR count). The second-order valence-corrected chi connectivity index (χ2v) is 7.33. The number of carbonyl (C=O) groups is 1. The van der Waals surface area contributed by atoms with Crippen LogP contribution in [0.25, 0.3) is 10.2 Å². The average molecular weight is 362 g/mol. The van der Waals surface area contributed by atoms with Gasteiger partial charge in [0.15, 0.2) is 5.15 Å². The van der Waals surface area contributed by atoms with E-state index >= 15 is 0 Å². The van der Waals surface area contributed by atoms with Crippen LogP contribution in [-0.2, 0) is 11.2 Å². The molecule has 0 bridgehead atoms. The van der Waals surface area contributed by atoms with E-state index in [9.17, 15) is 4.79 Å². The highest BCUT2D eigenvalue weighted by molar-refractivity contribution is 7.18. The van der Waals surface area contributed by atoms with Gasteiger partial charge in [0.2, 0.25) is 5.91 Å². The molecule has 1 saturated heterocycles. The number of carbonyl (C=O) groups excluding carboxylic acids is 1. The third-order valence-corrected chi connectivity index (χ3v) is 5.60. The van der Waals surface area contributed by atoms with Crippen LogP contribution in [0.3, 0.4) is 0 Å². The zero-order valence-electron chi connectivity index (χ0n) is 12.9. The number of hydrogen-bond acceptors (Lipinski definition) is 5. The highest BCUT2D eigenvalue weighted by atomic mass is 35.5. The molecule has 0 N–H and O–H groups in total. The number of halogens is 1. The second-order valence-electron chi connectivity index (χ2n) is 5.88. The first-order valence-electron chi connectivity index (χ1n) is 7.97. The maximum atomic E-state index is 12.6. The number of para-hydroxylation sites is 1. The molecular formula is C17H16ClN3O2S. The van der Waals surface area contributed by atoms with Crippen LogP contribution in [0.15, 0.2) is 34.9 Å². The van der Waals surface area contributed by atoms with E-state index < -0.39 is 0 Å². The maximum absolute atomic E-state index is 12.6. The van der Waals surface area contributed by atoms with E-state index in [0.717, 1.165) is 29.9 Å². The van der Waals surface area contributed by atoms with E-state index in [4.69, 9.17) is 21.1 Å². The maximum Gasteiger partial charge on any atom is 0.223 e. The number of nitrogens with zero attached hydrogens (tertiary/aromatic N) is 3. The minimum atomic E-state index is 0.0909. The fourth-order valence-corrected chi connectivity index (χ4v) is 4.41. The summed E-state index contributed by atoms with van der Waals surface area (Å²) in [4.78, 5) is 19.3. The topological polar surface area (TPSA) is 59.2 Å². The number of thiazole rings is 1. The third kappa shape index (κ3) is 3.03. The van der Waals surface area contributed by atoms with Gasteiger partial charge in [-0.2, -0.15) is 0 Å². The van der Waals surface area contributed by atoms with Crippen LogP contribution >= 0.6 is 22.9 Å². The summed E-state index contributed by atoms with van der Waals surface area (Å²) in [6, 6.07) is 9.85. The van der Waals surface area contributed by atoms with Crippen molar-refractivity contribution in [3.8, 4) is 0 Å². The molecule has 1 aromatic carbocycles. The third-order valence-electron chi connectivity index (χ3n) is 4.28. The number of amides is 1. The van der Waals surface area contributed by atoms with Gasteiger partial charge in [-0.15, -0.1) is 11.3 Å². The zero-order chi connectivity index (χ0) is 16.5. The van der Waals surface area contributed by atoms with Gasteiger partial charge in [0, 0.05) is 25.5 Å². The first kappa shape index (κ1) is 15.6. The molecule has 2 aromatic heterocycles. The summed E-state index contributed by atoms with van der Waals surface area (Å²) in [6.07, 6.45) is 2.90. The lowest BCUT2D eigenvalue weighted by Crippen LogP contribution is -2.30. The standard InChI is InChI=1S/C17H16ClN3O2S/c18-15-10-11(23-20-15)7-8-16(22)21-9-3-5-13(21)17-19-12-4-1-2-6-14(12)24-17/h1-2,4,6,10,13H,3,5,7-9H2/t13-/m0/s1. The molecule has 1 aliphatic rings. The molecule has 3 aromatic rings. The van der Waals surface area contributed by atoms with Crippen molar-refractivity contribution in [2.24, 2.45) is 0 Å². The summed E-state index contributed by atoms with van der Waals surface area (Å²) in [5, 5.41) is 4.99. The van der Waals surface area contributed by atoms with Crippen LogP contribution in [0.4, 0.5) is 0 Å². The van der Waals surface area contributed by atoms with Gasteiger partial charge in [-0.3, -0.25) is 4.79 Å². The Labute approximate surface area is 148 Å². The Bertz CT molecular complexity index is 842. The molecule has 0 spiro atoms. The van der Waals surface area contributed by atoms with E-state index in [-0.39, 0.29) is 11.9 Å². The SMILES string of the molecule is O=C(CCc1cc(Cl)no1)N1CCC[C@H]1c1nc2ccccc2s1. The molecule has 5 nitrogen and oxygen atoms in total. The number of hydrogen-bond donors (Lipinski definition) is 0. The quantitative estimate of drug-likeness (QED) is 0.697. The van der Waals surface area contributed by atoms with Crippen molar-refractivity contribution < 1.29 is 9.32 Å². The molecule has 0 saturated carbocycles. The van der Waals surface area contributed by atoms with Gasteiger partial charge < -0.3 is 9.42 Å². The number of rotatable bonds is 4. The summed E-state index contributed by atoms with van der Waals surface area (Å²) >= 11 is 7.42. The Morgan fingerprint density at radius 1 is 1.42 bits per heavy atom. The van der Waals surface area contributed by atoms with Gasteiger partial charge in [-0.05, 0) is 25.0 Å². The van der Waals surface area contributed by atoms with Crippen molar-refractivity contribution in [1.82, 2.24) is 15.0 Å². The number of aryl methyl sites for hydroxylation is 1. The van der Waals surface area contributed by atoms with E-state index in [1.54, 1.807) is 17.4 Å². The van der Waals surface area contributed by atoms with Crippen molar-refractivity contribution in [2.45, 2.75) is 31.7 Å². The molecule has 24 heavy (non-hydrogen) atoms. The van der Waals surface area contributed by atoms with Crippen molar-refractivity contribution in [3.05, 3.63) is 46.3 Å². The van der Waals surface area contributed by atoms with Gasteiger partial charge >= 0.3 is 0 Å². The number of likely N-dealkylation sites (tertiary alicyclic amines) is 1. The van der Waals surface area contributed by atoms with Crippen LogP contribution < -0.4 is 0 Å². The van der Waals surface area contributed by atoms with Crippen molar-refractivity contribution in [2.75, 3.05) is 6.54 Å². The van der Waals surface area contributed by atoms with Crippen molar-refractivity contribution in [3.63, 3.8) is 0 Å². The monoisotopic (exact) mass is 361 g/mol. The minimum Gasteiger partial charge on any atom is -0.360 e. The summed E-state index contributed by atoms with van der Waals surface area (Å²) < 4.78 is 6.24. The molecule has 0 radical (unpaired) electrons. The molecule has 1 aliphatic heterocycles. The molecular weight excluding hydrogens is 346 g/mol. The Morgan fingerprint density at radius 3 is 3.08 bits per heavy atom. The lowest BCUT2D eigenvalue weighted by molar-refractivity contribution is -0.132. The van der Waals surface area contributed by atoms with Crippen molar-refractivity contribution >= 4 is 39.1 Å². The minimum absolute atomic E-state index is 0.0909. The molecule has 3 heterocycles. The lowest BCUT2D eigenvalue weighted by Gasteiger charge is -2.22. The highest BCUT2D eigenvalue weighted by Crippen LogP contribution is 2.36. The Morgan fingerprint density at radius 2 is 2.29 bits per heavy atom. The van der Waals surface area contributed by atoms with Gasteiger partial charge in [-0.1, -0.05) is 28.9 Å². The van der Waals surface area contributed by atoms with Gasteiger partial charge in [-0.25, -0.2) is 4.98 Å². The normalized spacial score (nSPS) is 17.7. The lowest BCUT2D eigenvalue weighted by atomic mass is 10.2. The zero-order valence-corrected chi connectivity index (χ0v) is 14.5. The number of fused-ring (bicyclic) bond motifs is 1. The molecule has 124 valence electrons. The summed E-state index contributed by atoms with van der Waals surface area (Å²) in [6.45, 7) is 0.788. The second kappa shape index (κ2) is 6.53. The molecule has 7 heteroatoms. The van der Waals surface area contributed by atoms with Gasteiger partial charge in [0.1, 0.15) is 10.8 Å². The summed E-state index contributed by atoms with van der Waals surface area (Å²) in [5.41, 5.74) is 1.01. The van der Waals surface area contributed by atoms with Crippen LogP contribution in [0.2, 0.25) is 5.15 Å². The van der Waals surface area contributed by atoms with Crippen LogP contribution in [0, 0.1) is 0 Å². The Kier molecular flexibility index (Phi) is 4.24. The number of benzene rings is 1. The number of aromatic nitrogens is 2. The van der Waals surface area contributed by atoms with E-state index in [1.807, 2.05) is 23.1 Å². The fourth-order valence-electron chi connectivity index (χ4n) is 3.13. The predicted octanol–water partition coefficient (Wildman–Crippen LogP) is 4.23. The Hall–Kier alpha value is -1.92. The molecule has 0 unspecified atom stereocenters. The first-order chi connectivity index (χ1) is 11.7. The summed E-state index contributed by atoms with van der Waals surface area (Å²) in [5.74, 6) is 0.772. The van der Waals surface area contributed by atoms with Crippen LogP contribution in [0.5, 0.6) is 0 Å². The van der Waals surface area contributed by atoms with E-state index in [0.29, 0.717) is 23.8 Å². The fraction of sp³-hybridized carbons (Fsp3) is 0.353. The predicted molar refractivity (Wildman–Crippen MR) is 93.1 cm³/mol. The largest absolute Gasteiger partial charge is 0.360 e. The summed E-state index contributed by atoms with van der Waals surface area (Å²) in [7, 11) is 0. The Balaban J connectivity index is 1.48. The van der Waals surface area contributed by atoms with Crippen LogP contribution in [0.1, 0.15) is 36.1 Å².